The first kappa shape index (κ1) is 24.6. The predicted octanol–water partition coefficient (Wildman–Crippen LogP) is 2.88. The molecule has 3 atom stereocenters. The fourth-order valence-corrected chi connectivity index (χ4v) is 4.31. The number of hydrogen-bond donors (Lipinski definition) is 2. The van der Waals surface area contributed by atoms with Crippen LogP contribution in [0.2, 0.25) is 0 Å². The number of nitrogens with two attached hydrogens (primary N) is 1. The molecule has 2 heterocycles. The summed E-state index contributed by atoms with van der Waals surface area (Å²) in [6.07, 6.45) is 2.64. The molecule has 2 aromatic heterocycles. The SMILES string of the molecule is CC1CC1CNc1cc(-c2nnc([C@](C)(N)Cc3ccccc3)o2)c(C#N)c(N(C)S(C)(=O)=O)n1. The van der Waals surface area contributed by atoms with Gasteiger partial charge in [-0.15, -0.1) is 10.2 Å². The molecule has 0 aliphatic heterocycles. The van der Waals surface area contributed by atoms with Crippen molar-refractivity contribution in [3.8, 4) is 17.5 Å². The Bertz CT molecular complexity index is 1360. The molecule has 11 heteroatoms. The highest BCUT2D eigenvalue weighted by Crippen LogP contribution is 2.38. The van der Waals surface area contributed by atoms with E-state index in [9.17, 15) is 13.7 Å². The molecule has 0 radical (unpaired) electrons. The van der Waals surface area contributed by atoms with Gasteiger partial charge in [-0.2, -0.15) is 5.26 Å². The van der Waals surface area contributed by atoms with Crippen LogP contribution in [0.1, 0.15) is 37.3 Å². The van der Waals surface area contributed by atoms with Crippen LogP contribution in [0.5, 0.6) is 0 Å². The van der Waals surface area contributed by atoms with Crippen LogP contribution < -0.4 is 15.4 Å². The number of benzene rings is 1. The van der Waals surface area contributed by atoms with Crippen molar-refractivity contribution in [3.05, 3.63) is 53.4 Å². The Morgan fingerprint density at radius 1 is 1.31 bits per heavy atom. The van der Waals surface area contributed by atoms with Gasteiger partial charge in [0.15, 0.2) is 5.82 Å². The first-order valence-electron chi connectivity index (χ1n) is 11.3. The summed E-state index contributed by atoms with van der Waals surface area (Å²) in [5.41, 5.74) is 6.88. The fourth-order valence-electron chi connectivity index (χ4n) is 3.86. The van der Waals surface area contributed by atoms with Crippen LogP contribution in [0.3, 0.4) is 0 Å². The minimum atomic E-state index is -3.68. The molecule has 0 spiro atoms. The van der Waals surface area contributed by atoms with Crippen LogP contribution in [0.25, 0.3) is 11.5 Å². The number of sulfonamides is 1. The van der Waals surface area contributed by atoms with Crippen molar-refractivity contribution in [2.75, 3.05) is 29.5 Å². The molecular formula is C24H29N7O3S. The van der Waals surface area contributed by atoms with Gasteiger partial charge in [0.2, 0.25) is 21.8 Å². The van der Waals surface area contributed by atoms with Crippen molar-refractivity contribution in [3.63, 3.8) is 0 Å². The average Bonchev–Trinajstić information content (AvgIpc) is 3.29. The molecule has 1 fully saturated rings. The van der Waals surface area contributed by atoms with Gasteiger partial charge in [0, 0.05) is 13.6 Å². The van der Waals surface area contributed by atoms with E-state index in [0.29, 0.717) is 30.6 Å². The van der Waals surface area contributed by atoms with E-state index < -0.39 is 15.6 Å². The van der Waals surface area contributed by atoms with Crippen molar-refractivity contribution in [2.45, 2.75) is 32.2 Å². The van der Waals surface area contributed by atoms with Gasteiger partial charge in [-0.3, -0.25) is 4.31 Å². The fraction of sp³-hybridized carbons (Fsp3) is 0.417. The number of hydrogen-bond acceptors (Lipinski definition) is 9. The second-order valence-corrected chi connectivity index (χ2v) is 11.5. The van der Waals surface area contributed by atoms with Crippen LogP contribution >= 0.6 is 0 Å². The normalized spacial score (nSPS) is 19.0. The van der Waals surface area contributed by atoms with Crippen LogP contribution in [0.4, 0.5) is 11.6 Å². The molecular weight excluding hydrogens is 466 g/mol. The number of nitrogens with one attached hydrogen (secondary N) is 1. The number of pyridine rings is 1. The maximum Gasteiger partial charge on any atom is 0.249 e. The lowest BCUT2D eigenvalue weighted by atomic mass is 9.94. The van der Waals surface area contributed by atoms with Crippen LogP contribution in [0, 0.1) is 23.2 Å². The molecule has 0 bridgehead atoms. The highest BCUT2D eigenvalue weighted by atomic mass is 32.2. The molecule has 1 saturated carbocycles. The number of rotatable bonds is 9. The molecule has 3 aromatic rings. The Morgan fingerprint density at radius 2 is 2.00 bits per heavy atom. The van der Waals surface area contributed by atoms with Gasteiger partial charge >= 0.3 is 0 Å². The zero-order valence-electron chi connectivity index (χ0n) is 20.2. The molecule has 1 aromatic carbocycles. The molecule has 35 heavy (non-hydrogen) atoms. The second-order valence-electron chi connectivity index (χ2n) is 9.44. The number of nitriles is 1. The van der Waals surface area contributed by atoms with Gasteiger partial charge in [-0.05, 0) is 43.2 Å². The first-order chi connectivity index (χ1) is 16.5. The van der Waals surface area contributed by atoms with Crippen molar-refractivity contribution in [1.82, 2.24) is 15.2 Å². The molecule has 0 saturated heterocycles. The average molecular weight is 496 g/mol. The molecule has 1 aliphatic carbocycles. The molecule has 1 aliphatic rings. The Morgan fingerprint density at radius 3 is 2.60 bits per heavy atom. The van der Waals surface area contributed by atoms with Gasteiger partial charge in [-0.25, -0.2) is 13.4 Å². The topological polar surface area (TPSA) is 151 Å². The predicted molar refractivity (Wildman–Crippen MR) is 133 cm³/mol. The summed E-state index contributed by atoms with van der Waals surface area (Å²) < 4.78 is 31.5. The standard InChI is InChI=1S/C24H29N7O3S/c1-15-10-17(15)14-27-20-11-18(19(13-25)21(28-20)31(3)35(4,32)33)22-29-30-23(34-22)24(2,26)12-16-8-6-5-7-9-16/h5-9,11,15,17H,10,12,14,26H2,1-4H3,(H,27,28)/t15?,17?,24-/m1/s1. The maximum atomic E-state index is 12.3. The summed E-state index contributed by atoms with van der Waals surface area (Å²) in [4.78, 5) is 4.43. The highest BCUT2D eigenvalue weighted by molar-refractivity contribution is 7.92. The lowest BCUT2D eigenvalue weighted by Gasteiger charge is -2.20. The summed E-state index contributed by atoms with van der Waals surface area (Å²) in [6.45, 7) is 4.66. The van der Waals surface area contributed by atoms with Crippen molar-refractivity contribution >= 4 is 21.7 Å². The van der Waals surface area contributed by atoms with Gasteiger partial charge in [0.1, 0.15) is 17.5 Å². The van der Waals surface area contributed by atoms with Crippen molar-refractivity contribution in [2.24, 2.45) is 17.6 Å². The summed E-state index contributed by atoms with van der Waals surface area (Å²) in [6, 6.07) is 13.4. The second kappa shape index (κ2) is 9.28. The molecule has 3 N–H and O–H groups in total. The van der Waals surface area contributed by atoms with Crippen LogP contribution in [0.15, 0.2) is 40.8 Å². The van der Waals surface area contributed by atoms with E-state index in [-0.39, 0.29) is 28.7 Å². The monoisotopic (exact) mass is 495 g/mol. The third-order valence-electron chi connectivity index (χ3n) is 6.29. The lowest BCUT2D eigenvalue weighted by Crippen LogP contribution is -2.35. The van der Waals surface area contributed by atoms with Gasteiger partial charge in [0.05, 0.1) is 17.4 Å². The van der Waals surface area contributed by atoms with E-state index in [1.165, 1.54) is 7.05 Å². The van der Waals surface area contributed by atoms with Gasteiger partial charge in [0.25, 0.3) is 0 Å². The lowest BCUT2D eigenvalue weighted by molar-refractivity contribution is 0.355. The zero-order chi connectivity index (χ0) is 25.4. The highest BCUT2D eigenvalue weighted by Gasteiger charge is 2.33. The molecule has 10 nitrogen and oxygen atoms in total. The molecule has 2 unspecified atom stereocenters. The smallest absolute Gasteiger partial charge is 0.249 e. The van der Waals surface area contributed by atoms with Crippen LogP contribution in [-0.4, -0.2) is 43.4 Å². The summed E-state index contributed by atoms with van der Waals surface area (Å²) in [5.74, 6) is 1.83. The number of aromatic nitrogens is 3. The Labute approximate surface area is 205 Å². The van der Waals surface area contributed by atoms with Gasteiger partial charge < -0.3 is 15.5 Å². The van der Waals surface area contributed by atoms with E-state index in [1.807, 2.05) is 30.3 Å². The Balaban J connectivity index is 1.74. The van der Waals surface area contributed by atoms with E-state index in [4.69, 9.17) is 10.2 Å². The molecule has 184 valence electrons. The van der Waals surface area contributed by atoms with E-state index in [2.05, 4.69) is 33.5 Å². The summed E-state index contributed by atoms with van der Waals surface area (Å²) >= 11 is 0. The van der Waals surface area contributed by atoms with Gasteiger partial charge in [-0.1, -0.05) is 37.3 Å². The zero-order valence-corrected chi connectivity index (χ0v) is 21.0. The third kappa shape index (κ3) is 5.44. The summed E-state index contributed by atoms with van der Waals surface area (Å²) in [5, 5.41) is 21.5. The molecule has 4 rings (SSSR count). The minimum Gasteiger partial charge on any atom is -0.419 e. The number of nitrogens with zero attached hydrogens (tertiary/aromatic N) is 5. The van der Waals surface area contributed by atoms with Crippen molar-refractivity contribution < 1.29 is 12.8 Å². The van der Waals surface area contributed by atoms with Crippen molar-refractivity contribution in [1.29, 1.82) is 5.26 Å². The number of anilines is 2. The van der Waals surface area contributed by atoms with E-state index in [0.717, 1.165) is 22.5 Å². The van der Waals surface area contributed by atoms with E-state index in [1.54, 1.807) is 13.0 Å². The first-order valence-corrected chi connectivity index (χ1v) is 13.1. The Kier molecular flexibility index (Phi) is 6.53. The van der Waals surface area contributed by atoms with Crippen LogP contribution in [-0.2, 0) is 22.0 Å². The Hall–Kier alpha value is -3.49. The quantitative estimate of drug-likeness (QED) is 0.456. The largest absolute Gasteiger partial charge is 0.419 e. The third-order valence-corrected chi connectivity index (χ3v) is 7.46. The molecule has 0 amide bonds. The maximum absolute atomic E-state index is 12.3. The van der Waals surface area contributed by atoms with E-state index >= 15 is 0 Å². The summed E-state index contributed by atoms with van der Waals surface area (Å²) in [7, 11) is -2.33. The minimum absolute atomic E-state index is 0.0141.